The zero-order valence-electron chi connectivity index (χ0n) is 9.30. The van der Waals surface area contributed by atoms with Crippen molar-refractivity contribution in [3.05, 3.63) is 33.3 Å². The second kappa shape index (κ2) is 5.85. The van der Waals surface area contributed by atoms with Crippen molar-refractivity contribution in [3.63, 3.8) is 0 Å². The van der Waals surface area contributed by atoms with Gasteiger partial charge in [-0.2, -0.15) is 0 Å². The van der Waals surface area contributed by atoms with Gasteiger partial charge in [-0.25, -0.2) is 0 Å². The summed E-state index contributed by atoms with van der Waals surface area (Å²) in [6.45, 7) is 1.46. The minimum Gasteiger partial charge on any atom is -0.351 e. The van der Waals surface area contributed by atoms with E-state index in [9.17, 15) is 4.79 Å². The van der Waals surface area contributed by atoms with Crippen molar-refractivity contribution in [2.45, 2.75) is 18.9 Å². The number of hydrogen-bond donors (Lipinski definition) is 2. The third-order valence-electron chi connectivity index (χ3n) is 2.60. The van der Waals surface area contributed by atoms with Gasteiger partial charge < -0.3 is 10.6 Å². The van der Waals surface area contributed by atoms with Gasteiger partial charge in [0, 0.05) is 29.2 Å². The van der Waals surface area contributed by atoms with Gasteiger partial charge >= 0.3 is 0 Å². The van der Waals surface area contributed by atoms with E-state index < -0.39 is 0 Å². The molecule has 1 saturated carbocycles. The smallest absolute Gasteiger partial charge is 0.251 e. The van der Waals surface area contributed by atoms with Crippen LogP contribution < -0.4 is 10.6 Å². The van der Waals surface area contributed by atoms with Crippen molar-refractivity contribution in [1.82, 2.24) is 10.6 Å². The van der Waals surface area contributed by atoms with E-state index in [1.54, 1.807) is 18.2 Å². The summed E-state index contributed by atoms with van der Waals surface area (Å²) in [5, 5.41) is 6.74. The van der Waals surface area contributed by atoms with E-state index in [2.05, 4.69) is 26.6 Å². The van der Waals surface area contributed by atoms with Gasteiger partial charge in [0.1, 0.15) is 0 Å². The highest BCUT2D eigenvalue weighted by Gasteiger charge is 2.19. The zero-order valence-corrected chi connectivity index (χ0v) is 11.6. The second-order valence-corrected chi connectivity index (χ2v) is 5.37. The minimum absolute atomic E-state index is 0.0861. The molecule has 2 rings (SSSR count). The Morgan fingerprint density at radius 2 is 2.18 bits per heavy atom. The third-order valence-corrected chi connectivity index (χ3v) is 3.84. The van der Waals surface area contributed by atoms with Crippen LogP contribution in [0.2, 0.25) is 5.02 Å². The molecule has 1 aromatic carbocycles. The first-order chi connectivity index (χ1) is 8.16. The van der Waals surface area contributed by atoms with Crippen LogP contribution in [0.5, 0.6) is 0 Å². The van der Waals surface area contributed by atoms with Crippen molar-refractivity contribution in [2.24, 2.45) is 0 Å². The Morgan fingerprint density at radius 1 is 1.41 bits per heavy atom. The molecule has 0 bridgehead atoms. The molecule has 1 aliphatic carbocycles. The number of rotatable bonds is 5. The van der Waals surface area contributed by atoms with E-state index in [4.69, 9.17) is 11.6 Å². The largest absolute Gasteiger partial charge is 0.351 e. The maximum atomic E-state index is 11.8. The molecule has 0 radical (unpaired) electrons. The van der Waals surface area contributed by atoms with Gasteiger partial charge in [0.2, 0.25) is 0 Å². The highest BCUT2D eigenvalue weighted by atomic mass is 79.9. The van der Waals surface area contributed by atoms with Crippen molar-refractivity contribution >= 4 is 33.4 Å². The monoisotopic (exact) mass is 316 g/mol. The summed E-state index contributed by atoms with van der Waals surface area (Å²) in [4.78, 5) is 11.8. The van der Waals surface area contributed by atoms with Crippen LogP contribution in [0.4, 0.5) is 0 Å². The number of halogens is 2. The summed E-state index contributed by atoms with van der Waals surface area (Å²) >= 11 is 9.22. The number of amides is 1. The first-order valence-electron chi connectivity index (χ1n) is 5.63. The quantitative estimate of drug-likeness (QED) is 0.820. The standard InChI is InChI=1S/C12H14BrClN2O/c13-10-4-1-8(7-11(10)14)12(17)16-6-5-15-9-2-3-9/h1,4,7,9,15H,2-3,5-6H2,(H,16,17). The fourth-order valence-electron chi connectivity index (χ4n) is 1.48. The summed E-state index contributed by atoms with van der Waals surface area (Å²) in [6, 6.07) is 5.86. The SMILES string of the molecule is O=C(NCCNC1CC1)c1ccc(Br)c(Cl)c1. The van der Waals surface area contributed by atoms with Gasteiger partial charge in [0.05, 0.1) is 5.02 Å². The molecule has 0 heterocycles. The van der Waals surface area contributed by atoms with Crippen LogP contribution in [0.15, 0.2) is 22.7 Å². The Morgan fingerprint density at radius 3 is 2.82 bits per heavy atom. The summed E-state index contributed by atoms with van der Waals surface area (Å²) in [7, 11) is 0. The fraction of sp³-hybridized carbons (Fsp3) is 0.417. The van der Waals surface area contributed by atoms with Crippen LogP contribution in [0.3, 0.4) is 0 Å². The molecular formula is C12H14BrClN2O. The van der Waals surface area contributed by atoms with E-state index in [-0.39, 0.29) is 5.91 Å². The van der Waals surface area contributed by atoms with Gasteiger partial charge in [0.25, 0.3) is 5.91 Å². The molecule has 17 heavy (non-hydrogen) atoms. The number of carbonyl (C=O) groups excluding carboxylic acids is 1. The minimum atomic E-state index is -0.0861. The highest BCUT2D eigenvalue weighted by Crippen LogP contribution is 2.23. The molecule has 0 saturated heterocycles. The Labute approximate surface area is 114 Å². The summed E-state index contributed by atoms with van der Waals surface area (Å²) in [5.74, 6) is -0.0861. The van der Waals surface area contributed by atoms with Crippen LogP contribution in [0, 0.1) is 0 Å². The summed E-state index contributed by atoms with van der Waals surface area (Å²) in [5.41, 5.74) is 0.588. The van der Waals surface area contributed by atoms with Crippen LogP contribution in [-0.2, 0) is 0 Å². The molecule has 1 amide bonds. The van der Waals surface area contributed by atoms with E-state index in [0.29, 0.717) is 23.2 Å². The van der Waals surface area contributed by atoms with Crippen LogP contribution >= 0.6 is 27.5 Å². The molecule has 92 valence electrons. The molecule has 0 atom stereocenters. The van der Waals surface area contributed by atoms with Gasteiger partial charge in [-0.15, -0.1) is 0 Å². The van der Waals surface area contributed by atoms with Crippen LogP contribution in [0.1, 0.15) is 23.2 Å². The molecule has 1 aliphatic rings. The van der Waals surface area contributed by atoms with Crippen LogP contribution in [-0.4, -0.2) is 25.0 Å². The lowest BCUT2D eigenvalue weighted by molar-refractivity contribution is 0.0954. The molecule has 0 spiro atoms. The number of benzene rings is 1. The predicted molar refractivity (Wildman–Crippen MR) is 72.5 cm³/mol. The van der Waals surface area contributed by atoms with E-state index in [1.165, 1.54) is 12.8 Å². The Kier molecular flexibility index (Phi) is 4.42. The first kappa shape index (κ1) is 12.9. The lowest BCUT2D eigenvalue weighted by Crippen LogP contribution is -2.32. The summed E-state index contributed by atoms with van der Waals surface area (Å²) < 4.78 is 0.797. The predicted octanol–water partition coefficient (Wildman–Crippen LogP) is 2.58. The van der Waals surface area contributed by atoms with Gasteiger partial charge in [0.15, 0.2) is 0 Å². The lowest BCUT2D eigenvalue weighted by Gasteiger charge is -2.06. The first-order valence-corrected chi connectivity index (χ1v) is 6.80. The highest BCUT2D eigenvalue weighted by molar-refractivity contribution is 9.10. The van der Waals surface area contributed by atoms with E-state index in [0.717, 1.165) is 11.0 Å². The zero-order chi connectivity index (χ0) is 12.3. The van der Waals surface area contributed by atoms with E-state index >= 15 is 0 Å². The molecule has 0 aliphatic heterocycles. The molecule has 1 aromatic rings. The number of hydrogen-bond acceptors (Lipinski definition) is 2. The molecule has 1 fully saturated rings. The van der Waals surface area contributed by atoms with E-state index in [1.807, 2.05) is 0 Å². The number of carbonyl (C=O) groups is 1. The topological polar surface area (TPSA) is 41.1 Å². The molecule has 2 N–H and O–H groups in total. The molecule has 0 aromatic heterocycles. The van der Waals surface area contributed by atoms with Crippen molar-refractivity contribution < 1.29 is 4.79 Å². The number of nitrogens with one attached hydrogen (secondary N) is 2. The maximum absolute atomic E-state index is 11.8. The average molecular weight is 318 g/mol. The molecule has 5 heteroatoms. The lowest BCUT2D eigenvalue weighted by atomic mass is 10.2. The Hall–Kier alpha value is -0.580. The van der Waals surface area contributed by atoms with Gasteiger partial charge in [-0.05, 0) is 47.0 Å². The molecule has 0 unspecified atom stereocenters. The second-order valence-electron chi connectivity index (χ2n) is 4.11. The molecule has 3 nitrogen and oxygen atoms in total. The molecular weight excluding hydrogens is 304 g/mol. The fourth-order valence-corrected chi connectivity index (χ4v) is 1.91. The van der Waals surface area contributed by atoms with Crippen LogP contribution in [0.25, 0.3) is 0 Å². The summed E-state index contributed by atoms with van der Waals surface area (Å²) in [6.07, 6.45) is 2.52. The Bertz CT molecular complexity index is 421. The van der Waals surface area contributed by atoms with Crippen molar-refractivity contribution in [2.75, 3.05) is 13.1 Å². The maximum Gasteiger partial charge on any atom is 0.251 e. The third kappa shape index (κ3) is 3.98. The van der Waals surface area contributed by atoms with Crippen molar-refractivity contribution in [1.29, 1.82) is 0 Å². The normalized spacial score (nSPS) is 14.7. The Balaban J connectivity index is 1.79. The van der Waals surface area contributed by atoms with Gasteiger partial charge in [-0.1, -0.05) is 11.6 Å². The average Bonchev–Trinajstić information content (AvgIpc) is 3.12. The van der Waals surface area contributed by atoms with Gasteiger partial charge in [-0.3, -0.25) is 4.79 Å². The van der Waals surface area contributed by atoms with Crippen molar-refractivity contribution in [3.8, 4) is 0 Å².